The van der Waals surface area contributed by atoms with Crippen LogP contribution in [0.4, 0.5) is 42.1 Å². The minimum atomic E-state index is -6.29. The molecule has 2 aromatic rings. The number of anilines is 2. The van der Waals surface area contributed by atoms with Crippen LogP contribution in [-0.4, -0.2) is 18.3 Å². The van der Waals surface area contributed by atoms with Gasteiger partial charge in [0, 0.05) is 11.1 Å². The highest BCUT2D eigenvalue weighted by atomic mass is 35.5. The molecule has 0 radical (unpaired) electrons. The van der Waals surface area contributed by atoms with Crippen molar-refractivity contribution in [1.29, 1.82) is 0 Å². The van der Waals surface area contributed by atoms with Gasteiger partial charge in [-0.25, -0.2) is 4.39 Å². The van der Waals surface area contributed by atoms with Crippen LogP contribution in [0.1, 0.15) is 21.5 Å². The molecular formula is C17H11Cl2F7N2O. The summed E-state index contributed by atoms with van der Waals surface area (Å²) in [4.78, 5) is 12.3. The maximum Gasteiger partial charge on any atom is 0.435 e. The Labute approximate surface area is 169 Å². The summed E-state index contributed by atoms with van der Waals surface area (Å²) in [5, 5.41) is 1.57. The molecule has 0 aliphatic heterocycles. The first-order valence-electron chi connectivity index (χ1n) is 7.59. The van der Waals surface area contributed by atoms with Gasteiger partial charge in [-0.2, -0.15) is 26.3 Å². The second-order valence-electron chi connectivity index (χ2n) is 5.99. The van der Waals surface area contributed by atoms with E-state index in [1.54, 1.807) is 0 Å². The van der Waals surface area contributed by atoms with Crippen LogP contribution in [0.3, 0.4) is 0 Å². The van der Waals surface area contributed by atoms with E-state index < -0.39 is 34.5 Å². The minimum absolute atomic E-state index is 0.00540. The predicted octanol–water partition coefficient (Wildman–Crippen LogP) is 6.43. The Bertz CT molecular complexity index is 921. The van der Waals surface area contributed by atoms with Gasteiger partial charge in [0.1, 0.15) is 0 Å². The number of amides is 1. The van der Waals surface area contributed by atoms with Gasteiger partial charge in [-0.15, -0.1) is 0 Å². The number of carbonyl (C=O) groups excluding carboxylic acids is 1. The van der Waals surface area contributed by atoms with E-state index in [0.29, 0.717) is 6.07 Å². The van der Waals surface area contributed by atoms with Crippen LogP contribution >= 0.6 is 23.2 Å². The SMILES string of the molecule is Cc1cc(C(F)(C(F)(F)F)C(F)(F)F)cc(Cl)c1NC(=O)c1ccc(N)c(Cl)c1. The Morgan fingerprint density at radius 1 is 0.931 bits per heavy atom. The number of aryl methyl sites for hydroxylation is 1. The van der Waals surface area contributed by atoms with Crippen LogP contribution in [0.2, 0.25) is 10.0 Å². The number of hydrogen-bond acceptors (Lipinski definition) is 2. The molecule has 0 spiro atoms. The third kappa shape index (κ3) is 4.23. The van der Waals surface area contributed by atoms with Crippen molar-refractivity contribution in [2.45, 2.75) is 24.9 Å². The predicted molar refractivity (Wildman–Crippen MR) is 94.9 cm³/mol. The number of carbonyl (C=O) groups is 1. The van der Waals surface area contributed by atoms with Gasteiger partial charge in [-0.3, -0.25) is 4.79 Å². The Hall–Kier alpha value is -2.20. The van der Waals surface area contributed by atoms with Crippen LogP contribution in [0.25, 0.3) is 0 Å². The lowest BCUT2D eigenvalue weighted by Crippen LogP contribution is -2.50. The second-order valence-corrected chi connectivity index (χ2v) is 6.81. The molecule has 0 bridgehead atoms. The molecule has 0 atom stereocenters. The first kappa shape index (κ1) is 23.1. The van der Waals surface area contributed by atoms with Crippen molar-refractivity contribution in [2.75, 3.05) is 11.1 Å². The molecule has 3 nitrogen and oxygen atoms in total. The van der Waals surface area contributed by atoms with E-state index in [1.807, 2.05) is 0 Å². The summed E-state index contributed by atoms with van der Waals surface area (Å²) >= 11 is 11.6. The van der Waals surface area contributed by atoms with Crippen LogP contribution in [0.15, 0.2) is 30.3 Å². The third-order valence-corrected chi connectivity index (χ3v) is 4.59. The molecule has 29 heavy (non-hydrogen) atoms. The summed E-state index contributed by atoms with van der Waals surface area (Å²) in [7, 11) is 0. The lowest BCUT2D eigenvalue weighted by atomic mass is 9.92. The maximum absolute atomic E-state index is 14.2. The number of nitrogens with one attached hydrogen (secondary N) is 1. The number of benzene rings is 2. The lowest BCUT2D eigenvalue weighted by molar-refractivity contribution is -0.348. The van der Waals surface area contributed by atoms with E-state index in [-0.39, 0.29) is 33.6 Å². The van der Waals surface area contributed by atoms with Gasteiger partial charge >= 0.3 is 18.0 Å². The maximum atomic E-state index is 14.2. The smallest absolute Gasteiger partial charge is 0.398 e. The summed E-state index contributed by atoms with van der Waals surface area (Å²) in [6, 6.07) is 4.29. The Morgan fingerprint density at radius 3 is 1.93 bits per heavy atom. The van der Waals surface area contributed by atoms with E-state index in [1.165, 1.54) is 18.2 Å². The summed E-state index contributed by atoms with van der Waals surface area (Å²) in [6.45, 7) is 1.06. The highest BCUT2D eigenvalue weighted by Crippen LogP contribution is 2.54. The number of halogens is 9. The molecule has 2 rings (SSSR count). The molecule has 158 valence electrons. The number of rotatable bonds is 3. The van der Waals surface area contributed by atoms with Crippen LogP contribution < -0.4 is 11.1 Å². The first-order valence-corrected chi connectivity index (χ1v) is 8.34. The van der Waals surface area contributed by atoms with Crippen molar-refractivity contribution in [1.82, 2.24) is 0 Å². The molecule has 0 aliphatic rings. The highest BCUT2D eigenvalue weighted by molar-refractivity contribution is 6.35. The lowest BCUT2D eigenvalue weighted by Gasteiger charge is -2.31. The molecule has 1 amide bonds. The standard InChI is InChI=1S/C17H11Cl2F7N2O/c1-7-4-9(15(20,16(21,22)23)17(24,25)26)6-11(19)13(7)28-14(29)8-2-3-12(27)10(18)5-8/h2-6H,27H2,1H3,(H,28,29). The van der Waals surface area contributed by atoms with Gasteiger partial charge in [0.2, 0.25) is 0 Å². The minimum Gasteiger partial charge on any atom is -0.398 e. The van der Waals surface area contributed by atoms with Crippen LogP contribution in [-0.2, 0) is 5.67 Å². The Morgan fingerprint density at radius 2 is 1.48 bits per heavy atom. The zero-order valence-corrected chi connectivity index (χ0v) is 15.8. The van der Waals surface area contributed by atoms with Gasteiger partial charge < -0.3 is 11.1 Å². The van der Waals surface area contributed by atoms with E-state index in [2.05, 4.69) is 5.32 Å². The van der Waals surface area contributed by atoms with Gasteiger partial charge in [0.15, 0.2) is 0 Å². The average Bonchev–Trinajstić information content (AvgIpc) is 2.57. The molecule has 0 unspecified atom stereocenters. The Kier molecular flexibility index (Phi) is 6.02. The fraction of sp³-hybridized carbons (Fsp3) is 0.235. The number of nitrogen functional groups attached to an aromatic ring is 1. The molecule has 3 N–H and O–H groups in total. The van der Waals surface area contributed by atoms with E-state index in [9.17, 15) is 35.5 Å². The summed E-state index contributed by atoms with van der Waals surface area (Å²) < 4.78 is 91.7. The Balaban J connectivity index is 2.48. The summed E-state index contributed by atoms with van der Waals surface area (Å²) in [5.41, 5.74) is -2.32. The molecular weight excluding hydrogens is 452 g/mol. The summed E-state index contributed by atoms with van der Waals surface area (Å²) in [5.74, 6) is -0.817. The van der Waals surface area contributed by atoms with Crippen molar-refractivity contribution in [3.05, 3.63) is 57.1 Å². The third-order valence-electron chi connectivity index (χ3n) is 3.97. The summed E-state index contributed by atoms with van der Waals surface area (Å²) in [6.07, 6.45) is -12.6. The first-order chi connectivity index (χ1) is 13.1. The molecule has 2 aromatic carbocycles. The molecule has 0 heterocycles. The van der Waals surface area contributed by atoms with Gasteiger partial charge in [0.25, 0.3) is 5.91 Å². The highest BCUT2D eigenvalue weighted by Gasteiger charge is 2.73. The fourth-order valence-electron chi connectivity index (χ4n) is 2.44. The number of nitrogens with two attached hydrogens (primary N) is 1. The largest absolute Gasteiger partial charge is 0.435 e. The zero-order chi connectivity index (χ0) is 22.4. The van der Waals surface area contributed by atoms with E-state index >= 15 is 0 Å². The van der Waals surface area contributed by atoms with E-state index in [0.717, 1.165) is 6.92 Å². The van der Waals surface area contributed by atoms with Gasteiger partial charge in [0.05, 0.1) is 21.4 Å². The number of hydrogen-bond donors (Lipinski definition) is 2. The van der Waals surface area contributed by atoms with Crippen LogP contribution in [0, 0.1) is 6.92 Å². The number of alkyl halides is 7. The van der Waals surface area contributed by atoms with Crippen LogP contribution in [0.5, 0.6) is 0 Å². The quantitative estimate of drug-likeness (QED) is 0.408. The second kappa shape index (κ2) is 7.56. The molecule has 0 fully saturated rings. The zero-order valence-electron chi connectivity index (χ0n) is 14.3. The molecule has 0 aliphatic carbocycles. The fourth-order valence-corrected chi connectivity index (χ4v) is 2.94. The van der Waals surface area contributed by atoms with Crippen molar-refractivity contribution in [3.8, 4) is 0 Å². The van der Waals surface area contributed by atoms with Crippen molar-refractivity contribution in [3.63, 3.8) is 0 Å². The molecule has 0 aromatic heterocycles. The van der Waals surface area contributed by atoms with Gasteiger partial charge in [-0.05, 0) is 36.8 Å². The monoisotopic (exact) mass is 462 g/mol. The van der Waals surface area contributed by atoms with Gasteiger partial charge in [-0.1, -0.05) is 29.3 Å². The molecule has 0 saturated carbocycles. The topological polar surface area (TPSA) is 55.1 Å². The average molecular weight is 463 g/mol. The van der Waals surface area contributed by atoms with Crippen molar-refractivity contribution < 1.29 is 35.5 Å². The normalized spacial score (nSPS) is 12.8. The van der Waals surface area contributed by atoms with E-state index in [4.69, 9.17) is 28.9 Å². The van der Waals surface area contributed by atoms with Crippen molar-refractivity contribution in [2.24, 2.45) is 0 Å². The van der Waals surface area contributed by atoms with Crippen molar-refractivity contribution >= 4 is 40.5 Å². The molecule has 12 heteroatoms. The molecule has 0 saturated heterocycles.